The number of amides is 1. The number of rotatable bonds is 6. The van der Waals surface area contributed by atoms with Gasteiger partial charge in [0.15, 0.2) is 0 Å². The van der Waals surface area contributed by atoms with Crippen molar-refractivity contribution in [2.75, 3.05) is 6.54 Å². The van der Waals surface area contributed by atoms with Gasteiger partial charge in [-0.15, -0.1) is 6.42 Å². The van der Waals surface area contributed by atoms with Crippen molar-refractivity contribution in [3.63, 3.8) is 0 Å². The molecule has 5 nitrogen and oxygen atoms in total. The maximum absolute atomic E-state index is 13.1. The number of hydrogen-bond donors (Lipinski definition) is 1. The molecule has 1 amide bonds. The number of carbonyl (C=O) groups is 1. The van der Waals surface area contributed by atoms with Crippen molar-refractivity contribution in [1.82, 2.24) is 14.9 Å². The topological polar surface area (TPSA) is 64.0 Å². The Balaban J connectivity index is 2.06. The van der Waals surface area contributed by atoms with Gasteiger partial charge in [-0.2, -0.15) is 13.2 Å². The highest BCUT2D eigenvalue weighted by Crippen LogP contribution is 2.31. The normalized spacial score (nSPS) is 11.3. The molecular weight excluding hydrogens is 395 g/mol. The number of benzene rings is 2. The molecular formula is C22H18F3N3O2. The highest BCUT2D eigenvalue weighted by Gasteiger charge is 2.31. The predicted octanol–water partition coefficient (Wildman–Crippen LogP) is 3.15. The summed E-state index contributed by atoms with van der Waals surface area (Å²) in [5, 5.41) is 2.48. The average molecular weight is 413 g/mol. The van der Waals surface area contributed by atoms with Gasteiger partial charge in [-0.1, -0.05) is 36.3 Å². The van der Waals surface area contributed by atoms with E-state index >= 15 is 0 Å². The molecule has 1 heterocycles. The molecule has 0 spiro atoms. The van der Waals surface area contributed by atoms with Crippen LogP contribution in [0.1, 0.15) is 23.2 Å². The molecule has 0 atom stereocenters. The van der Waals surface area contributed by atoms with Crippen molar-refractivity contribution in [2.45, 2.75) is 25.6 Å². The molecule has 0 aliphatic heterocycles. The van der Waals surface area contributed by atoms with Crippen LogP contribution in [-0.4, -0.2) is 22.0 Å². The van der Waals surface area contributed by atoms with E-state index in [0.717, 1.165) is 17.7 Å². The standard InChI is InChI=1S/C22H18F3N3O2/c1-2-12-26-20(29)11-9-17-21(30)28(14-15-6-4-3-5-7-15)19-10-8-16(22(23,24)25)13-18(19)27-17/h1,3-8,10,13H,9,11-12,14H2,(H,26,29). The number of hydrogen-bond acceptors (Lipinski definition) is 3. The number of carbonyl (C=O) groups excluding carboxylic acids is 1. The fourth-order valence-corrected chi connectivity index (χ4v) is 3.03. The second-order valence-corrected chi connectivity index (χ2v) is 6.62. The van der Waals surface area contributed by atoms with Crippen LogP contribution < -0.4 is 10.9 Å². The van der Waals surface area contributed by atoms with Crippen molar-refractivity contribution in [3.8, 4) is 12.3 Å². The molecule has 1 N–H and O–H groups in total. The minimum atomic E-state index is -4.54. The SMILES string of the molecule is C#CCNC(=O)CCc1nc2cc(C(F)(F)F)ccc2n(Cc2ccccc2)c1=O. The van der Waals surface area contributed by atoms with E-state index in [-0.39, 0.29) is 48.6 Å². The van der Waals surface area contributed by atoms with Gasteiger partial charge >= 0.3 is 6.18 Å². The summed E-state index contributed by atoms with van der Waals surface area (Å²) in [5.41, 5.74) is -0.143. The van der Waals surface area contributed by atoms with Gasteiger partial charge in [0.05, 0.1) is 29.7 Å². The van der Waals surface area contributed by atoms with E-state index in [1.165, 1.54) is 10.6 Å². The van der Waals surface area contributed by atoms with Crippen LogP contribution in [0.15, 0.2) is 53.3 Å². The molecule has 0 aliphatic rings. The van der Waals surface area contributed by atoms with Crippen LogP contribution in [0.4, 0.5) is 13.2 Å². The average Bonchev–Trinajstić information content (AvgIpc) is 2.72. The molecule has 0 bridgehead atoms. The Morgan fingerprint density at radius 3 is 2.57 bits per heavy atom. The van der Waals surface area contributed by atoms with E-state index < -0.39 is 17.3 Å². The summed E-state index contributed by atoms with van der Waals surface area (Å²) < 4.78 is 40.8. The van der Waals surface area contributed by atoms with Gasteiger partial charge in [-0.25, -0.2) is 4.98 Å². The van der Waals surface area contributed by atoms with Crippen molar-refractivity contribution in [2.24, 2.45) is 0 Å². The van der Waals surface area contributed by atoms with Crippen LogP contribution in [-0.2, 0) is 23.9 Å². The zero-order valence-corrected chi connectivity index (χ0v) is 15.9. The minimum absolute atomic E-state index is 0.0176. The number of halogens is 3. The van der Waals surface area contributed by atoms with E-state index in [9.17, 15) is 22.8 Å². The monoisotopic (exact) mass is 413 g/mol. The van der Waals surface area contributed by atoms with Crippen molar-refractivity contribution < 1.29 is 18.0 Å². The van der Waals surface area contributed by atoms with Crippen molar-refractivity contribution in [3.05, 3.63) is 75.7 Å². The Morgan fingerprint density at radius 2 is 1.90 bits per heavy atom. The van der Waals surface area contributed by atoms with E-state index in [4.69, 9.17) is 6.42 Å². The zero-order chi connectivity index (χ0) is 21.7. The molecule has 3 rings (SSSR count). The molecule has 0 aliphatic carbocycles. The molecule has 8 heteroatoms. The van der Waals surface area contributed by atoms with Gasteiger partial charge in [-0.3, -0.25) is 9.59 Å². The van der Waals surface area contributed by atoms with Crippen LogP contribution in [0.5, 0.6) is 0 Å². The summed E-state index contributed by atoms with van der Waals surface area (Å²) in [6, 6.07) is 12.2. The van der Waals surface area contributed by atoms with Gasteiger partial charge in [0.1, 0.15) is 5.69 Å². The fourth-order valence-electron chi connectivity index (χ4n) is 3.03. The third-order valence-corrected chi connectivity index (χ3v) is 4.50. The Labute approximate surface area is 170 Å². The molecule has 0 fully saturated rings. The van der Waals surface area contributed by atoms with Crippen LogP contribution in [0.3, 0.4) is 0 Å². The van der Waals surface area contributed by atoms with E-state index in [1.54, 1.807) is 0 Å². The summed E-state index contributed by atoms with van der Waals surface area (Å²) in [7, 11) is 0. The number of terminal acetylenes is 1. The minimum Gasteiger partial charge on any atom is -0.345 e. The highest BCUT2D eigenvalue weighted by atomic mass is 19.4. The summed E-state index contributed by atoms with van der Waals surface area (Å²) in [6.07, 6.45) is 0.481. The van der Waals surface area contributed by atoms with Crippen LogP contribution in [0.2, 0.25) is 0 Å². The predicted molar refractivity (Wildman–Crippen MR) is 107 cm³/mol. The lowest BCUT2D eigenvalue weighted by Crippen LogP contribution is -2.29. The van der Waals surface area contributed by atoms with Crippen molar-refractivity contribution in [1.29, 1.82) is 0 Å². The Morgan fingerprint density at radius 1 is 1.17 bits per heavy atom. The first kappa shape index (κ1) is 21.1. The number of alkyl halides is 3. The molecule has 0 saturated heterocycles. The Bertz CT molecular complexity index is 1160. The number of aromatic nitrogens is 2. The van der Waals surface area contributed by atoms with Crippen LogP contribution in [0.25, 0.3) is 11.0 Å². The van der Waals surface area contributed by atoms with Gasteiger partial charge in [-0.05, 0) is 23.8 Å². The molecule has 0 saturated carbocycles. The number of nitrogens with zero attached hydrogens (tertiary/aromatic N) is 2. The lowest BCUT2D eigenvalue weighted by Gasteiger charge is -2.14. The van der Waals surface area contributed by atoms with Gasteiger partial charge < -0.3 is 9.88 Å². The molecule has 0 radical (unpaired) electrons. The summed E-state index contributed by atoms with van der Waals surface area (Å²) in [4.78, 5) is 29.0. The molecule has 1 aromatic heterocycles. The zero-order valence-electron chi connectivity index (χ0n) is 15.9. The number of fused-ring (bicyclic) bond motifs is 1. The van der Waals surface area contributed by atoms with E-state index in [0.29, 0.717) is 0 Å². The molecule has 2 aromatic carbocycles. The van der Waals surface area contributed by atoms with E-state index in [1.807, 2.05) is 30.3 Å². The summed E-state index contributed by atoms with van der Waals surface area (Å²) in [5.74, 6) is 1.90. The van der Waals surface area contributed by atoms with Gasteiger partial charge in [0.25, 0.3) is 5.56 Å². The number of nitrogens with one attached hydrogen (secondary N) is 1. The first-order valence-electron chi connectivity index (χ1n) is 9.14. The molecule has 30 heavy (non-hydrogen) atoms. The molecule has 0 unspecified atom stereocenters. The Kier molecular flexibility index (Phi) is 6.21. The first-order chi connectivity index (χ1) is 14.3. The van der Waals surface area contributed by atoms with Crippen molar-refractivity contribution >= 4 is 16.9 Å². The number of aryl methyl sites for hydroxylation is 1. The molecule has 3 aromatic rings. The van der Waals surface area contributed by atoms with E-state index in [2.05, 4.69) is 16.2 Å². The van der Waals surface area contributed by atoms with Crippen LogP contribution in [0, 0.1) is 12.3 Å². The lowest BCUT2D eigenvalue weighted by molar-refractivity contribution is -0.137. The molecule has 154 valence electrons. The third kappa shape index (κ3) is 4.87. The third-order valence-electron chi connectivity index (χ3n) is 4.50. The smallest absolute Gasteiger partial charge is 0.345 e. The van der Waals surface area contributed by atoms with Gasteiger partial charge in [0, 0.05) is 12.8 Å². The highest BCUT2D eigenvalue weighted by molar-refractivity contribution is 5.77. The summed E-state index contributed by atoms with van der Waals surface area (Å²) in [6.45, 7) is 0.220. The van der Waals surface area contributed by atoms with Gasteiger partial charge in [0.2, 0.25) is 5.91 Å². The largest absolute Gasteiger partial charge is 0.416 e. The lowest BCUT2D eigenvalue weighted by atomic mass is 10.1. The first-order valence-corrected chi connectivity index (χ1v) is 9.14. The summed E-state index contributed by atoms with van der Waals surface area (Å²) >= 11 is 0. The maximum Gasteiger partial charge on any atom is 0.416 e. The Hall–Kier alpha value is -3.60. The maximum atomic E-state index is 13.1. The second kappa shape index (κ2) is 8.82. The second-order valence-electron chi connectivity index (χ2n) is 6.62. The fraction of sp³-hybridized carbons (Fsp3) is 0.227. The van der Waals surface area contributed by atoms with Crippen LogP contribution >= 0.6 is 0 Å². The quantitative estimate of drug-likeness (QED) is 0.632.